The van der Waals surface area contributed by atoms with Crippen molar-refractivity contribution >= 4 is 17.6 Å². The molecule has 0 aromatic heterocycles. The lowest BCUT2D eigenvalue weighted by Crippen LogP contribution is -2.42. The summed E-state index contributed by atoms with van der Waals surface area (Å²) in [5, 5.41) is 8.88. The van der Waals surface area contributed by atoms with Crippen LogP contribution in [0.4, 0.5) is 5.69 Å². The average molecular weight is 286 g/mol. The van der Waals surface area contributed by atoms with E-state index in [-0.39, 0.29) is 12.5 Å². The van der Waals surface area contributed by atoms with E-state index in [0.29, 0.717) is 17.6 Å². The number of hydrogen-bond acceptors (Lipinski definition) is 2. The molecule has 1 aromatic rings. The number of benzene rings is 1. The number of anilines is 1. The molecule has 0 aliphatic heterocycles. The SMILES string of the molecule is C#Cc1cccc(NC(=O)CNC(=NC)NCC(C)C)c1. The predicted octanol–water partition coefficient (Wildman–Crippen LogP) is 1.43. The smallest absolute Gasteiger partial charge is 0.243 e. The van der Waals surface area contributed by atoms with E-state index in [2.05, 4.69) is 40.7 Å². The molecule has 112 valence electrons. The van der Waals surface area contributed by atoms with Gasteiger partial charge in [0.2, 0.25) is 5.91 Å². The van der Waals surface area contributed by atoms with Crippen molar-refractivity contribution in [3.05, 3.63) is 29.8 Å². The number of guanidine groups is 1. The molecule has 0 atom stereocenters. The van der Waals surface area contributed by atoms with Crippen molar-refractivity contribution in [1.82, 2.24) is 10.6 Å². The molecule has 0 spiro atoms. The van der Waals surface area contributed by atoms with Gasteiger partial charge in [0.1, 0.15) is 0 Å². The lowest BCUT2D eigenvalue weighted by Gasteiger charge is -2.13. The van der Waals surface area contributed by atoms with Crippen LogP contribution in [-0.4, -0.2) is 32.0 Å². The Morgan fingerprint density at radius 2 is 2.14 bits per heavy atom. The number of aliphatic imine (C=N–C) groups is 1. The molecule has 0 unspecified atom stereocenters. The van der Waals surface area contributed by atoms with E-state index in [9.17, 15) is 4.79 Å². The van der Waals surface area contributed by atoms with Crippen LogP contribution in [0.5, 0.6) is 0 Å². The molecule has 1 rings (SSSR count). The maximum atomic E-state index is 11.9. The van der Waals surface area contributed by atoms with Gasteiger partial charge >= 0.3 is 0 Å². The van der Waals surface area contributed by atoms with Gasteiger partial charge in [-0.1, -0.05) is 25.8 Å². The normalized spacial score (nSPS) is 10.9. The van der Waals surface area contributed by atoms with Gasteiger partial charge in [0.05, 0.1) is 6.54 Å². The van der Waals surface area contributed by atoms with E-state index in [1.807, 2.05) is 6.07 Å². The summed E-state index contributed by atoms with van der Waals surface area (Å²) < 4.78 is 0. The average Bonchev–Trinajstić information content (AvgIpc) is 2.47. The summed E-state index contributed by atoms with van der Waals surface area (Å²) in [5.41, 5.74) is 1.41. The molecule has 0 heterocycles. The highest BCUT2D eigenvalue weighted by molar-refractivity contribution is 5.95. The summed E-state index contributed by atoms with van der Waals surface area (Å²) in [5.74, 6) is 3.49. The Balaban J connectivity index is 2.44. The third kappa shape index (κ3) is 6.48. The molecule has 5 nitrogen and oxygen atoms in total. The number of nitrogens with zero attached hydrogens (tertiary/aromatic N) is 1. The zero-order chi connectivity index (χ0) is 15.7. The summed E-state index contributed by atoms with van der Waals surface area (Å²) in [4.78, 5) is 15.9. The lowest BCUT2D eigenvalue weighted by atomic mass is 10.2. The van der Waals surface area contributed by atoms with Crippen LogP contribution in [0.15, 0.2) is 29.3 Å². The van der Waals surface area contributed by atoms with Crippen LogP contribution in [-0.2, 0) is 4.79 Å². The maximum Gasteiger partial charge on any atom is 0.243 e. The molecule has 0 radical (unpaired) electrons. The largest absolute Gasteiger partial charge is 0.356 e. The monoisotopic (exact) mass is 286 g/mol. The van der Waals surface area contributed by atoms with Crippen molar-refractivity contribution in [3.63, 3.8) is 0 Å². The van der Waals surface area contributed by atoms with E-state index in [4.69, 9.17) is 6.42 Å². The highest BCUT2D eigenvalue weighted by atomic mass is 16.1. The fourth-order valence-corrected chi connectivity index (χ4v) is 1.58. The highest BCUT2D eigenvalue weighted by Gasteiger charge is 2.05. The van der Waals surface area contributed by atoms with Gasteiger partial charge in [0.25, 0.3) is 0 Å². The minimum absolute atomic E-state index is 0.137. The van der Waals surface area contributed by atoms with E-state index in [1.165, 1.54) is 0 Å². The third-order valence-corrected chi connectivity index (χ3v) is 2.63. The summed E-state index contributed by atoms with van der Waals surface area (Å²) in [6.45, 7) is 5.14. The predicted molar refractivity (Wildman–Crippen MR) is 87.2 cm³/mol. The Labute approximate surface area is 126 Å². The Bertz CT molecular complexity index is 543. The van der Waals surface area contributed by atoms with Crippen LogP contribution in [0.2, 0.25) is 0 Å². The first-order valence-corrected chi connectivity index (χ1v) is 6.86. The molecule has 1 amide bonds. The van der Waals surface area contributed by atoms with Crippen molar-refractivity contribution in [2.45, 2.75) is 13.8 Å². The minimum atomic E-state index is -0.156. The van der Waals surface area contributed by atoms with Crippen molar-refractivity contribution in [3.8, 4) is 12.3 Å². The number of hydrogen-bond donors (Lipinski definition) is 3. The van der Waals surface area contributed by atoms with Gasteiger partial charge in [-0.3, -0.25) is 9.79 Å². The number of nitrogens with one attached hydrogen (secondary N) is 3. The Kier molecular flexibility index (Phi) is 6.82. The fraction of sp³-hybridized carbons (Fsp3) is 0.375. The van der Waals surface area contributed by atoms with E-state index >= 15 is 0 Å². The van der Waals surface area contributed by atoms with Crippen LogP contribution >= 0.6 is 0 Å². The van der Waals surface area contributed by atoms with Crippen molar-refractivity contribution in [2.75, 3.05) is 25.5 Å². The molecule has 0 fully saturated rings. The standard InChI is InChI=1S/C16H22N4O/c1-5-13-7-6-8-14(9-13)20-15(21)11-19-16(17-4)18-10-12(2)3/h1,6-9,12H,10-11H2,2-4H3,(H,20,21)(H2,17,18,19). The quantitative estimate of drug-likeness (QED) is 0.436. The molecule has 0 bridgehead atoms. The first-order chi connectivity index (χ1) is 10.0. The number of amides is 1. The molecular formula is C16H22N4O. The first kappa shape index (κ1) is 16.6. The van der Waals surface area contributed by atoms with Crippen LogP contribution in [0, 0.1) is 18.3 Å². The van der Waals surface area contributed by atoms with Gasteiger partial charge in [-0.25, -0.2) is 0 Å². The van der Waals surface area contributed by atoms with Crippen molar-refractivity contribution in [1.29, 1.82) is 0 Å². The molecule has 0 aliphatic carbocycles. The molecule has 0 saturated carbocycles. The number of carbonyl (C=O) groups is 1. The summed E-state index contributed by atoms with van der Waals surface area (Å²) in [7, 11) is 1.67. The van der Waals surface area contributed by atoms with Gasteiger partial charge in [0.15, 0.2) is 5.96 Å². The van der Waals surface area contributed by atoms with Crippen molar-refractivity contribution in [2.24, 2.45) is 10.9 Å². The van der Waals surface area contributed by atoms with Gasteiger partial charge < -0.3 is 16.0 Å². The molecule has 3 N–H and O–H groups in total. The highest BCUT2D eigenvalue weighted by Crippen LogP contribution is 2.09. The summed E-state index contributed by atoms with van der Waals surface area (Å²) in [6, 6.07) is 7.17. The van der Waals surface area contributed by atoms with Crippen molar-refractivity contribution < 1.29 is 4.79 Å². The molecule has 1 aromatic carbocycles. The second-order valence-electron chi connectivity index (χ2n) is 4.97. The van der Waals surface area contributed by atoms with Crippen LogP contribution in [0.3, 0.4) is 0 Å². The number of carbonyl (C=O) groups excluding carboxylic acids is 1. The molecule has 21 heavy (non-hydrogen) atoms. The maximum absolute atomic E-state index is 11.9. The van der Waals surface area contributed by atoms with Crippen LogP contribution in [0.1, 0.15) is 19.4 Å². The third-order valence-electron chi connectivity index (χ3n) is 2.63. The Morgan fingerprint density at radius 3 is 2.76 bits per heavy atom. The van der Waals surface area contributed by atoms with E-state index in [1.54, 1.807) is 25.2 Å². The van der Waals surface area contributed by atoms with Gasteiger partial charge in [-0.05, 0) is 24.1 Å². The molecule has 0 saturated heterocycles. The first-order valence-electron chi connectivity index (χ1n) is 6.86. The second kappa shape index (κ2) is 8.64. The Morgan fingerprint density at radius 1 is 1.38 bits per heavy atom. The lowest BCUT2D eigenvalue weighted by molar-refractivity contribution is -0.115. The number of rotatable bonds is 5. The minimum Gasteiger partial charge on any atom is -0.356 e. The fourth-order valence-electron chi connectivity index (χ4n) is 1.58. The molecule has 0 aliphatic rings. The Hall–Kier alpha value is -2.48. The van der Waals surface area contributed by atoms with Gasteiger partial charge in [0, 0.05) is 24.8 Å². The zero-order valence-corrected chi connectivity index (χ0v) is 12.7. The second-order valence-corrected chi connectivity index (χ2v) is 4.97. The van der Waals surface area contributed by atoms with Crippen LogP contribution in [0.25, 0.3) is 0 Å². The van der Waals surface area contributed by atoms with E-state index < -0.39 is 0 Å². The zero-order valence-electron chi connectivity index (χ0n) is 12.7. The summed E-state index contributed by atoms with van der Waals surface area (Å²) in [6.07, 6.45) is 5.32. The molecular weight excluding hydrogens is 264 g/mol. The van der Waals surface area contributed by atoms with Crippen LogP contribution < -0.4 is 16.0 Å². The topological polar surface area (TPSA) is 65.5 Å². The summed E-state index contributed by atoms with van der Waals surface area (Å²) >= 11 is 0. The van der Waals surface area contributed by atoms with Gasteiger partial charge in [-0.2, -0.15) is 0 Å². The van der Waals surface area contributed by atoms with E-state index in [0.717, 1.165) is 12.1 Å². The number of terminal acetylenes is 1. The molecule has 5 heteroatoms. The van der Waals surface area contributed by atoms with Gasteiger partial charge in [-0.15, -0.1) is 6.42 Å².